The smallest absolute Gasteiger partial charge is 0.229 e. The highest BCUT2D eigenvalue weighted by Gasteiger charge is 2.29. The normalized spacial score (nSPS) is 15.8. The number of likely N-dealkylation sites (tertiary alicyclic amines) is 1. The van der Waals surface area contributed by atoms with E-state index in [2.05, 4.69) is 0 Å². The molecule has 1 aliphatic heterocycles. The molecule has 1 aromatic rings. The van der Waals surface area contributed by atoms with Crippen molar-refractivity contribution in [1.29, 1.82) is 0 Å². The van der Waals surface area contributed by atoms with E-state index in [1.165, 1.54) is 0 Å². The minimum absolute atomic E-state index is 0.00264. The van der Waals surface area contributed by atoms with Gasteiger partial charge < -0.3 is 5.73 Å². The summed E-state index contributed by atoms with van der Waals surface area (Å²) in [4.78, 5) is 23.9. The van der Waals surface area contributed by atoms with Gasteiger partial charge in [-0.15, -0.1) is 0 Å². The van der Waals surface area contributed by atoms with Gasteiger partial charge in [0.2, 0.25) is 11.8 Å². The van der Waals surface area contributed by atoms with E-state index in [0.717, 1.165) is 4.90 Å². The van der Waals surface area contributed by atoms with Crippen LogP contribution in [0.5, 0.6) is 0 Å². The molecule has 1 aromatic carbocycles. The number of amides is 2. The second-order valence-electron chi connectivity index (χ2n) is 3.97. The Kier molecular flexibility index (Phi) is 3.19. The molecule has 90 valence electrons. The highest BCUT2D eigenvalue weighted by molar-refractivity contribution is 6.01. The van der Waals surface area contributed by atoms with E-state index in [0.29, 0.717) is 11.1 Å². The molecule has 17 heavy (non-hydrogen) atoms. The zero-order valence-corrected chi connectivity index (χ0v) is 9.28. The molecule has 1 saturated heterocycles. The number of hydrogen-bond acceptors (Lipinski definition) is 3. The Morgan fingerprint density at radius 2 is 1.76 bits per heavy atom. The molecule has 4 nitrogen and oxygen atoms in total. The van der Waals surface area contributed by atoms with Crippen molar-refractivity contribution in [2.45, 2.75) is 25.9 Å². The van der Waals surface area contributed by atoms with Gasteiger partial charge in [0.25, 0.3) is 0 Å². The van der Waals surface area contributed by atoms with Crippen molar-refractivity contribution < 1.29 is 14.0 Å². The number of imide groups is 1. The Morgan fingerprint density at radius 3 is 2.35 bits per heavy atom. The molecule has 2 amide bonds. The van der Waals surface area contributed by atoms with Crippen LogP contribution in [0.3, 0.4) is 0 Å². The van der Waals surface area contributed by atoms with E-state index >= 15 is 0 Å². The van der Waals surface area contributed by atoms with Crippen molar-refractivity contribution in [2.24, 2.45) is 5.73 Å². The summed E-state index contributed by atoms with van der Waals surface area (Å²) in [6.07, 6.45) is 0.439. The van der Waals surface area contributed by atoms with Crippen LogP contribution in [0.15, 0.2) is 18.2 Å². The van der Waals surface area contributed by atoms with Crippen molar-refractivity contribution in [1.82, 2.24) is 4.90 Å². The lowest BCUT2D eigenvalue weighted by atomic mass is 10.1. The van der Waals surface area contributed by atoms with E-state index in [-0.39, 0.29) is 37.7 Å². The van der Waals surface area contributed by atoms with Gasteiger partial charge in [-0.1, -0.05) is 18.2 Å². The third-order valence-corrected chi connectivity index (χ3v) is 2.86. The predicted octanol–water partition coefficient (Wildman–Crippen LogP) is 0.933. The van der Waals surface area contributed by atoms with Crippen molar-refractivity contribution in [3.63, 3.8) is 0 Å². The minimum atomic E-state index is -0.428. The van der Waals surface area contributed by atoms with Crippen LogP contribution in [0.25, 0.3) is 0 Å². The average molecular weight is 236 g/mol. The van der Waals surface area contributed by atoms with Crippen LogP contribution in [0, 0.1) is 5.82 Å². The van der Waals surface area contributed by atoms with E-state index in [4.69, 9.17) is 5.73 Å². The molecule has 0 atom stereocenters. The number of halogens is 1. The second-order valence-corrected chi connectivity index (χ2v) is 3.97. The molecule has 1 aliphatic rings. The largest absolute Gasteiger partial charge is 0.326 e. The van der Waals surface area contributed by atoms with Gasteiger partial charge in [0, 0.05) is 30.5 Å². The number of carbonyl (C=O) groups excluding carboxylic acids is 2. The molecule has 0 aromatic heterocycles. The van der Waals surface area contributed by atoms with Crippen LogP contribution in [0.1, 0.15) is 24.0 Å². The summed E-state index contributed by atoms with van der Waals surface area (Å²) in [6, 6.07) is 4.82. The van der Waals surface area contributed by atoms with Crippen LogP contribution in [0.2, 0.25) is 0 Å². The molecule has 0 spiro atoms. The van der Waals surface area contributed by atoms with Crippen LogP contribution in [0.4, 0.5) is 4.39 Å². The molecule has 0 bridgehead atoms. The highest BCUT2D eigenvalue weighted by Crippen LogP contribution is 2.19. The summed E-state index contributed by atoms with van der Waals surface area (Å²) < 4.78 is 13.9. The number of nitrogens with zero attached hydrogens (tertiary/aromatic N) is 1. The second kappa shape index (κ2) is 4.63. The Hall–Kier alpha value is -1.75. The topological polar surface area (TPSA) is 63.4 Å². The highest BCUT2D eigenvalue weighted by atomic mass is 19.1. The van der Waals surface area contributed by atoms with E-state index in [1.54, 1.807) is 18.2 Å². The lowest BCUT2D eigenvalue weighted by molar-refractivity contribution is -0.139. The molecule has 2 rings (SSSR count). The maximum absolute atomic E-state index is 13.9. The SMILES string of the molecule is NCc1cccc(CN2C(=O)CCC2=O)c1F. The number of hydrogen-bond donors (Lipinski definition) is 1. The maximum Gasteiger partial charge on any atom is 0.229 e. The summed E-state index contributed by atoms with van der Waals surface area (Å²) in [5.41, 5.74) is 6.12. The molecule has 1 heterocycles. The zero-order chi connectivity index (χ0) is 12.4. The van der Waals surface area contributed by atoms with Crippen LogP contribution < -0.4 is 5.73 Å². The van der Waals surface area contributed by atoms with Crippen molar-refractivity contribution in [2.75, 3.05) is 0 Å². The number of nitrogens with two attached hydrogens (primary N) is 1. The molecular formula is C12H13FN2O2. The van der Waals surface area contributed by atoms with Gasteiger partial charge in [-0.3, -0.25) is 14.5 Å². The molecule has 1 fully saturated rings. The van der Waals surface area contributed by atoms with Gasteiger partial charge in [0.05, 0.1) is 6.54 Å². The molecule has 2 N–H and O–H groups in total. The molecule has 0 aliphatic carbocycles. The lowest BCUT2D eigenvalue weighted by Gasteiger charge is -2.15. The number of rotatable bonds is 3. The Labute approximate surface area is 98.2 Å². The third-order valence-electron chi connectivity index (χ3n) is 2.86. The molecule has 0 radical (unpaired) electrons. The quantitative estimate of drug-likeness (QED) is 0.794. The van der Waals surface area contributed by atoms with Crippen molar-refractivity contribution >= 4 is 11.8 Å². The Balaban J connectivity index is 2.24. The van der Waals surface area contributed by atoms with E-state index in [9.17, 15) is 14.0 Å². The predicted molar refractivity (Wildman–Crippen MR) is 59.1 cm³/mol. The summed E-state index contributed by atoms with van der Waals surface area (Å²) in [6.45, 7) is 0.0961. The first-order valence-electron chi connectivity index (χ1n) is 5.43. The first-order chi connectivity index (χ1) is 8.13. The molecular weight excluding hydrogens is 223 g/mol. The lowest BCUT2D eigenvalue weighted by Crippen LogP contribution is -2.29. The average Bonchev–Trinajstić information content (AvgIpc) is 2.63. The molecule has 5 heteroatoms. The number of benzene rings is 1. The first-order valence-corrected chi connectivity index (χ1v) is 5.43. The third kappa shape index (κ3) is 2.19. The van der Waals surface area contributed by atoms with Crippen molar-refractivity contribution in [3.05, 3.63) is 35.1 Å². The Bertz CT molecular complexity index is 458. The van der Waals surface area contributed by atoms with Gasteiger partial charge in [-0.2, -0.15) is 0 Å². The van der Waals surface area contributed by atoms with Gasteiger partial charge in [-0.25, -0.2) is 4.39 Å². The van der Waals surface area contributed by atoms with Crippen molar-refractivity contribution in [3.8, 4) is 0 Å². The fourth-order valence-corrected chi connectivity index (χ4v) is 1.88. The molecule has 0 saturated carbocycles. The number of carbonyl (C=O) groups is 2. The minimum Gasteiger partial charge on any atom is -0.326 e. The molecule has 0 unspecified atom stereocenters. The monoisotopic (exact) mass is 236 g/mol. The summed E-state index contributed by atoms with van der Waals surface area (Å²) in [7, 11) is 0. The van der Waals surface area contributed by atoms with E-state index in [1.807, 2.05) is 0 Å². The zero-order valence-electron chi connectivity index (χ0n) is 9.28. The first kappa shape index (κ1) is 11.7. The summed E-state index contributed by atoms with van der Waals surface area (Å²) >= 11 is 0. The van der Waals surface area contributed by atoms with Gasteiger partial charge in [0.15, 0.2) is 0 Å². The van der Waals surface area contributed by atoms with Crippen LogP contribution >= 0.6 is 0 Å². The maximum atomic E-state index is 13.9. The summed E-state index contributed by atoms with van der Waals surface area (Å²) in [5.74, 6) is -0.914. The van der Waals surface area contributed by atoms with Gasteiger partial charge in [0.1, 0.15) is 5.82 Å². The fourth-order valence-electron chi connectivity index (χ4n) is 1.88. The van der Waals surface area contributed by atoms with Gasteiger partial charge >= 0.3 is 0 Å². The standard InChI is InChI=1S/C12H13FN2O2/c13-12-8(6-14)2-1-3-9(12)7-15-10(16)4-5-11(15)17/h1-3H,4-7,14H2. The van der Waals surface area contributed by atoms with Crippen LogP contribution in [-0.4, -0.2) is 16.7 Å². The fraction of sp³-hybridized carbons (Fsp3) is 0.333. The summed E-state index contributed by atoms with van der Waals surface area (Å²) in [5, 5.41) is 0. The van der Waals surface area contributed by atoms with Gasteiger partial charge in [-0.05, 0) is 0 Å². The Morgan fingerprint density at radius 1 is 1.18 bits per heavy atom. The van der Waals surface area contributed by atoms with Crippen LogP contribution in [-0.2, 0) is 22.7 Å². The van der Waals surface area contributed by atoms with E-state index < -0.39 is 5.82 Å².